The number of carbonyl (C=O) groups excluding carboxylic acids is 1. The fourth-order valence-electron chi connectivity index (χ4n) is 1.88. The summed E-state index contributed by atoms with van der Waals surface area (Å²) in [5.41, 5.74) is 0.0631. The number of methoxy groups -OCH3 is 1. The maximum Gasteiger partial charge on any atom is 0.416 e. The minimum Gasteiger partial charge on any atom is -0.497 e. The molecule has 0 fully saturated rings. The lowest BCUT2D eigenvalue weighted by molar-refractivity contribution is -0.137. The van der Waals surface area contributed by atoms with Crippen molar-refractivity contribution in [2.45, 2.75) is 12.7 Å². The lowest BCUT2D eigenvalue weighted by Gasteiger charge is -2.10. The minimum absolute atomic E-state index is 0.0226. The summed E-state index contributed by atoms with van der Waals surface area (Å²) in [4.78, 5) is 11.9. The van der Waals surface area contributed by atoms with Crippen molar-refractivity contribution in [2.24, 2.45) is 0 Å². The molecule has 6 heteroatoms. The maximum absolute atomic E-state index is 12.6. The lowest BCUT2D eigenvalue weighted by atomic mass is 10.1. The number of ether oxygens (including phenoxy) is 1. The third kappa shape index (κ3) is 4.00. The predicted octanol–water partition coefficient (Wildman–Crippen LogP) is 3.64. The summed E-state index contributed by atoms with van der Waals surface area (Å²) in [7, 11) is 1.52. The van der Waals surface area contributed by atoms with Gasteiger partial charge >= 0.3 is 6.18 Å². The van der Waals surface area contributed by atoms with Crippen molar-refractivity contribution in [3.05, 3.63) is 65.2 Å². The van der Waals surface area contributed by atoms with Crippen molar-refractivity contribution in [1.29, 1.82) is 0 Å². The van der Waals surface area contributed by atoms with Crippen molar-refractivity contribution >= 4 is 5.91 Å². The number of hydrogen-bond donors (Lipinski definition) is 1. The van der Waals surface area contributed by atoms with Gasteiger partial charge in [-0.25, -0.2) is 0 Å². The van der Waals surface area contributed by atoms with Gasteiger partial charge in [0.25, 0.3) is 5.91 Å². The van der Waals surface area contributed by atoms with E-state index < -0.39 is 11.7 Å². The minimum atomic E-state index is -4.39. The monoisotopic (exact) mass is 309 g/mol. The molecule has 0 atom stereocenters. The highest BCUT2D eigenvalue weighted by Gasteiger charge is 2.30. The molecule has 0 saturated carbocycles. The summed E-state index contributed by atoms with van der Waals surface area (Å²) in [5.74, 6) is 0.259. The van der Waals surface area contributed by atoms with E-state index in [0.717, 1.165) is 12.1 Å². The average Bonchev–Trinajstić information content (AvgIpc) is 2.52. The zero-order valence-corrected chi connectivity index (χ0v) is 11.8. The molecule has 1 amide bonds. The van der Waals surface area contributed by atoms with E-state index in [2.05, 4.69) is 5.32 Å². The summed E-state index contributed by atoms with van der Waals surface area (Å²) >= 11 is 0. The van der Waals surface area contributed by atoms with Crippen LogP contribution in [0.2, 0.25) is 0 Å². The summed E-state index contributed by atoms with van der Waals surface area (Å²) < 4.78 is 42.8. The number of rotatable bonds is 4. The van der Waals surface area contributed by atoms with Crippen LogP contribution in [0.5, 0.6) is 5.75 Å². The van der Waals surface area contributed by atoms with E-state index in [1.54, 1.807) is 24.3 Å². The molecule has 2 aromatic carbocycles. The van der Waals surface area contributed by atoms with Gasteiger partial charge in [0.15, 0.2) is 0 Å². The SMILES string of the molecule is COc1ccc(C(=O)NCc2cccc(C(F)(F)F)c2)cc1. The molecular formula is C16H14F3NO2. The number of amides is 1. The molecule has 3 nitrogen and oxygen atoms in total. The second-order valence-corrected chi connectivity index (χ2v) is 4.61. The Labute approximate surface area is 125 Å². The van der Waals surface area contributed by atoms with Gasteiger partial charge in [0.05, 0.1) is 12.7 Å². The third-order valence-electron chi connectivity index (χ3n) is 3.06. The molecule has 0 aliphatic heterocycles. The van der Waals surface area contributed by atoms with E-state index in [1.807, 2.05) is 0 Å². The fourth-order valence-corrected chi connectivity index (χ4v) is 1.88. The second-order valence-electron chi connectivity index (χ2n) is 4.61. The molecular weight excluding hydrogens is 295 g/mol. The highest BCUT2D eigenvalue weighted by atomic mass is 19.4. The summed E-state index contributed by atoms with van der Waals surface area (Å²) in [6.07, 6.45) is -4.39. The van der Waals surface area contributed by atoms with Crippen LogP contribution in [0.1, 0.15) is 21.5 Å². The van der Waals surface area contributed by atoms with Gasteiger partial charge < -0.3 is 10.1 Å². The lowest BCUT2D eigenvalue weighted by Crippen LogP contribution is -2.22. The Balaban J connectivity index is 2.01. The summed E-state index contributed by atoms with van der Waals surface area (Å²) in [6.45, 7) is 0.0226. The topological polar surface area (TPSA) is 38.3 Å². The molecule has 0 heterocycles. The molecule has 2 aromatic rings. The van der Waals surface area contributed by atoms with Crippen LogP contribution in [0.15, 0.2) is 48.5 Å². The molecule has 22 heavy (non-hydrogen) atoms. The highest BCUT2D eigenvalue weighted by molar-refractivity contribution is 5.94. The van der Waals surface area contributed by atoms with E-state index in [9.17, 15) is 18.0 Å². The van der Waals surface area contributed by atoms with Gasteiger partial charge in [0.2, 0.25) is 0 Å². The maximum atomic E-state index is 12.6. The molecule has 116 valence electrons. The standard InChI is InChI=1S/C16H14F3NO2/c1-22-14-7-5-12(6-8-14)15(21)20-10-11-3-2-4-13(9-11)16(17,18)19/h2-9H,10H2,1H3,(H,20,21). The number of nitrogens with one attached hydrogen (secondary N) is 1. The third-order valence-corrected chi connectivity index (χ3v) is 3.06. The number of hydrogen-bond acceptors (Lipinski definition) is 2. The van der Waals surface area contributed by atoms with Crippen molar-refractivity contribution in [1.82, 2.24) is 5.32 Å². The molecule has 0 aliphatic carbocycles. The first kappa shape index (κ1) is 15.9. The fraction of sp³-hybridized carbons (Fsp3) is 0.188. The first-order valence-corrected chi connectivity index (χ1v) is 6.48. The van der Waals surface area contributed by atoms with E-state index in [1.165, 1.54) is 19.2 Å². The van der Waals surface area contributed by atoms with E-state index in [-0.39, 0.29) is 12.5 Å². The van der Waals surface area contributed by atoms with Crippen LogP contribution >= 0.6 is 0 Å². The summed E-state index contributed by atoms with van der Waals surface area (Å²) in [5, 5.41) is 2.58. The molecule has 0 saturated heterocycles. The van der Waals surface area contributed by atoms with Crippen LogP contribution in [0, 0.1) is 0 Å². The molecule has 0 bridgehead atoms. The Bertz CT molecular complexity index is 651. The number of halogens is 3. The van der Waals surface area contributed by atoms with Crippen LogP contribution in [0.4, 0.5) is 13.2 Å². The van der Waals surface area contributed by atoms with Crippen LogP contribution < -0.4 is 10.1 Å². The molecule has 1 N–H and O–H groups in total. The Hall–Kier alpha value is -2.50. The second kappa shape index (κ2) is 6.51. The Morgan fingerprint density at radius 1 is 1.14 bits per heavy atom. The van der Waals surface area contributed by atoms with E-state index in [4.69, 9.17) is 4.74 Å². The van der Waals surface area contributed by atoms with Crippen LogP contribution in [0.3, 0.4) is 0 Å². The van der Waals surface area contributed by atoms with Crippen LogP contribution in [-0.4, -0.2) is 13.0 Å². The van der Waals surface area contributed by atoms with Gasteiger partial charge in [-0.1, -0.05) is 12.1 Å². The molecule has 0 aliphatic rings. The molecule has 2 rings (SSSR count). The smallest absolute Gasteiger partial charge is 0.416 e. The van der Waals surface area contributed by atoms with Crippen molar-refractivity contribution in [2.75, 3.05) is 7.11 Å². The molecule has 0 aromatic heterocycles. The van der Waals surface area contributed by atoms with Gasteiger partial charge in [-0.15, -0.1) is 0 Å². The zero-order chi connectivity index (χ0) is 16.2. The zero-order valence-electron chi connectivity index (χ0n) is 11.8. The molecule has 0 radical (unpaired) electrons. The number of benzene rings is 2. The average molecular weight is 309 g/mol. The van der Waals surface area contributed by atoms with Gasteiger partial charge in [0.1, 0.15) is 5.75 Å². The molecule has 0 unspecified atom stereocenters. The van der Waals surface area contributed by atoms with E-state index >= 15 is 0 Å². The first-order chi connectivity index (χ1) is 10.4. The largest absolute Gasteiger partial charge is 0.497 e. The molecule has 0 spiro atoms. The van der Waals surface area contributed by atoms with Crippen LogP contribution in [0.25, 0.3) is 0 Å². The number of carbonyl (C=O) groups is 1. The van der Waals surface area contributed by atoms with E-state index in [0.29, 0.717) is 16.9 Å². The Morgan fingerprint density at radius 2 is 1.82 bits per heavy atom. The van der Waals surface area contributed by atoms with Gasteiger partial charge in [0, 0.05) is 12.1 Å². The van der Waals surface area contributed by atoms with Gasteiger partial charge in [-0.3, -0.25) is 4.79 Å². The van der Waals surface area contributed by atoms with Crippen molar-refractivity contribution in [3.63, 3.8) is 0 Å². The Morgan fingerprint density at radius 3 is 2.41 bits per heavy atom. The van der Waals surface area contributed by atoms with Crippen LogP contribution in [-0.2, 0) is 12.7 Å². The first-order valence-electron chi connectivity index (χ1n) is 6.48. The highest BCUT2D eigenvalue weighted by Crippen LogP contribution is 2.29. The number of alkyl halides is 3. The van der Waals surface area contributed by atoms with Gasteiger partial charge in [-0.2, -0.15) is 13.2 Å². The van der Waals surface area contributed by atoms with Crippen molar-refractivity contribution in [3.8, 4) is 5.75 Å². The normalized spacial score (nSPS) is 11.1. The summed E-state index contributed by atoms with van der Waals surface area (Å²) in [6, 6.07) is 11.3. The van der Waals surface area contributed by atoms with Gasteiger partial charge in [-0.05, 0) is 42.0 Å². The predicted molar refractivity (Wildman–Crippen MR) is 75.6 cm³/mol. The Kier molecular flexibility index (Phi) is 4.70. The van der Waals surface area contributed by atoms with Crippen molar-refractivity contribution < 1.29 is 22.7 Å². The quantitative estimate of drug-likeness (QED) is 0.936.